The highest BCUT2D eigenvalue weighted by Crippen LogP contribution is 2.47. The molecule has 0 saturated heterocycles. The number of nitrogens with one attached hydrogen (secondary N) is 1. The Morgan fingerprint density at radius 3 is 2.84 bits per heavy atom. The molecule has 0 amide bonds. The third-order valence-corrected chi connectivity index (χ3v) is 4.73. The summed E-state index contributed by atoms with van der Waals surface area (Å²) in [4.78, 5) is 16.0. The van der Waals surface area contributed by atoms with Crippen molar-refractivity contribution in [2.24, 2.45) is 5.92 Å². The van der Waals surface area contributed by atoms with Crippen molar-refractivity contribution in [3.63, 3.8) is 0 Å². The highest BCUT2D eigenvalue weighted by Gasteiger charge is 2.46. The average Bonchev–Trinajstić information content (AvgIpc) is 3.38. The van der Waals surface area contributed by atoms with Crippen LogP contribution in [0.5, 0.6) is 0 Å². The minimum Gasteiger partial charge on any atom is -0.466 e. The predicted octanol–water partition coefficient (Wildman–Crippen LogP) is 4.40. The van der Waals surface area contributed by atoms with E-state index in [0.717, 1.165) is 23.9 Å². The normalized spacial score (nSPS) is 18.7. The number of carbonyl (C=O) groups excluding carboxylic acids is 1. The molecule has 0 radical (unpaired) electrons. The number of esters is 1. The molecule has 0 spiro atoms. The molecule has 132 valence electrons. The molecule has 1 aliphatic carbocycles. The monoisotopic (exact) mass is 410 g/mol. The fourth-order valence-electron chi connectivity index (χ4n) is 2.66. The van der Waals surface area contributed by atoms with Gasteiger partial charge in [0.05, 0.1) is 28.9 Å². The number of aromatic nitrogens is 1. The molecule has 1 saturated carbocycles. The zero-order valence-electron chi connectivity index (χ0n) is 13.6. The van der Waals surface area contributed by atoms with Crippen molar-refractivity contribution in [1.82, 2.24) is 4.98 Å². The molecule has 1 aromatic heterocycles. The summed E-state index contributed by atoms with van der Waals surface area (Å²) in [5.41, 5.74) is 1.91. The molecule has 7 heteroatoms. The first-order chi connectivity index (χ1) is 12.0. The second-order valence-corrected chi connectivity index (χ2v) is 6.74. The Kier molecular flexibility index (Phi) is 5.32. The second-order valence-electron chi connectivity index (χ2n) is 5.88. The van der Waals surface area contributed by atoms with E-state index in [1.54, 1.807) is 13.1 Å². The molecule has 1 unspecified atom stereocenters. The highest BCUT2D eigenvalue weighted by molar-refractivity contribution is 9.10. The second kappa shape index (κ2) is 7.47. The van der Waals surface area contributed by atoms with Crippen LogP contribution in [0.3, 0.4) is 0 Å². The summed E-state index contributed by atoms with van der Waals surface area (Å²) in [6.07, 6.45) is 2.40. The van der Waals surface area contributed by atoms with Crippen LogP contribution in [0, 0.1) is 17.6 Å². The minimum atomic E-state index is -0.632. The van der Waals surface area contributed by atoms with Gasteiger partial charge in [-0.1, -0.05) is 0 Å². The highest BCUT2D eigenvalue weighted by atomic mass is 79.9. The third kappa shape index (κ3) is 4.15. The Labute approximate surface area is 152 Å². The van der Waals surface area contributed by atoms with Crippen molar-refractivity contribution in [3.05, 3.63) is 57.8 Å². The van der Waals surface area contributed by atoms with Crippen LogP contribution in [0.25, 0.3) is 0 Å². The van der Waals surface area contributed by atoms with Crippen molar-refractivity contribution >= 4 is 27.6 Å². The molecule has 2 atom stereocenters. The maximum atomic E-state index is 13.7. The topological polar surface area (TPSA) is 51.2 Å². The third-order valence-electron chi connectivity index (χ3n) is 4.12. The Hall–Kier alpha value is -2.02. The largest absolute Gasteiger partial charge is 0.466 e. The zero-order chi connectivity index (χ0) is 18.0. The van der Waals surface area contributed by atoms with Gasteiger partial charge in [0.15, 0.2) is 0 Å². The van der Waals surface area contributed by atoms with E-state index in [0.29, 0.717) is 12.2 Å². The van der Waals surface area contributed by atoms with Gasteiger partial charge in [-0.05, 0) is 47.5 Å². The summed E-state index contributed by atoms with van der Waals surface area (Å²) in [6, 6.07) is 5.95. The van der Waals surface area contributed by atoms with E-state index >= 15 is 0 Å². The van der Waals surface area contributed by atoms with E-state index in [4.69, 9.17) is 4.74 Å². The molecule has 0 aliphatic heterocycles. The van der Waals surface area contributed by atoms with Crippen molar-refractivity contribution in [3.8, 4) is 0 Å². The van der Waals surface area contributed by atoms with Crippen LogP contribution < -0.4 is 5.32 Å². The Morgan fingerprint density at radius 1 is 1.36 bits per heavy atom. The van der Waals surface area contributed by atoms with Gasteiger partial charge in [0, 0.05) is 29.8 Å². The smallest absolute Gasteiger partial charge is 0.309 e. The van der Waals surface area contributed by atoms with E-state index in [1.165, 1.54) is 6.07 Å². The van der Waals surface area contributed by atoms with Crippen LogP contribution in [0.4, 0.5) is 14.5 Å². The number of ether oxygens (including phenoxy) is 1. The van der Waals surface area contributed by atoms with Crippen LogP contribution in [-0.2, 0) is 16.1 Å². The first-order valence-corrected chi connectivity index (χ1v) is 8.78. The Bertz CT molecular complexity index is 783. The van der Waals surface area contributed by atoms with Crippen LogP contribution in [0.15, 0.2) is 34.9 Å². The number of hydrogen-bond acceptors (Lipinski definition) is 4. The number of carbonyl (C=O) groups is 1. The summed E-state index contributed by atoms with van der Waals surface area (Å²) in [5, 5.41) is 3.05. The summed E-state index contributed by atoms with van der Waals surface area (Å²) in [5.74, 6) is -1.40. The van der Waals surface area contributed by atoms with E-state index in [-0.39, 0.29) is 28.8 Å². The van der Waals surface area contributed by atoms with Crippen molar-refractivity contribution < 1.29 is 18.3 Å². The van der Waals surface area contributed by atoms with E-state index in [2.05, 4.69) is 26.2 Å². The summed E-state index contributed by atoms with van der Waals surface area (Å²) >= 11 is 3.05. The molecule has 1 heterocycles. The van der Waals surface area contributed by atoms with Crippen LogP contribution >= 0.6 is 15.9 Å². The molecular weight excluding hydrogens is 394 g/mol. The molecule has 0 bridgehead atoms. The van der Waals surface area contributed by atoms with E-state index in [1.807, 2.05) is 12.1 Å². The number of pyridine rings is 1. The van der Waals surface area contributed by atoms with Crippen molar-refractivity contribution in [2.75, 3.05) is 11.9 Å². The van der Waals surface area contributed by atoms with Gasteiger partial charge in [-0.3, -0.25) is 9.78 Å². The number of benzene rings is 1. The lowest BCUT2D eigenvalue weighted by Crippen LogP contribution is -2.07. The molecule has 1 aliphatic rings. The van der Waals surface area contributed by atoms with E-state index < -0.39 is 11.6 Å². The summed E-state index contributed by atoms with van der Waals surface area (Å²) in [6.45, 7) is 2.38. The van der Waals surface area contributed by atoms with Crippen LogP contribution in [-0.4, -0.2) is 17.6 Å². The minimum absolute atomic E-state index is 0.100. The first-order valence-electron chi connectivity index (χ1n) is 7.99. The zero-order valence-corrected chi connectivity index (χ0v) is 15.1. The molecule has 25 heavy (non-hydrogen) atoms. The fourth-order valence-corrected chi connectivity index (χ4v) is 3.05. The maximum absolute atomic E-state index is 13.7. The van der Waals surface area contributed by atoms with Gasteiger partial charge in [0.1, 0.15) is 11.6 Å². The first kappa shape index (κ1) is 17.8. The lowest BCUT2D eigenvalue weighted by atomic mass is 10.2. The number of rotatable bonds is 6. The van der Waals surface area contributed by atoms with Gasteiger partial charge < -0.3 is 10.1 Å². The summed E-state index contributed by atoms with van der Waals surface area (Å²) in [7, 11) is 0. The van der Waals surface area contributed by atoms with Gasteiger partial charge in [0.2, 0.25) is 0 Å². The number of halogens is 3. The Morgan fingerprint density at radius 2 is 2.16 bits per heavy atom. The maximum Gasteiger partial charge on any atom is 0.309 e. The molecule has 1 fully saturated rings. The SMILES string of the molecule is CCOC(=O)[C@@H]1CC1c1ccc(NCc2cc(Br)c(F)cc2F)cn1. The van der Waals surface area contributed by atoms with Gasteiger partial charge >= 0.3 is 5.97 Å². The lowest BCUT2D eigenvalue weighted by Gasteiger charge is -2.09. The molecule has 1 aromatic carbocycles. The quantitative estimate of drug-likeness (QED) is 0.566. The van der Waals surface area contributed by atoms with Gasteiger partial charge in [-0.2, -0.15) is 0 Å². The van der Waals surface area contributed by atoms with Crippen LogP contribution in [0.2, 0.25) is 0 Å². The van der Waals surface area contributed by atoms with Crippen molar-refractivity contribution in [1.29, 1.82) is 0 Å². The van der Waals surface area contributed by atoms with Crippen molar-refractivity contribution in [2.45, 2.75) is 25.8 Å². The fraction of sp³-hybridized carbons (Fsp3) is 0.333. The standard InChI is InChI=1S/C18H17BrF2N2O2/c1-2-25-18(24)13-6-12(13)17-4-3-11(9-23-17)22-8-10-5-14(19)16(21)7-15(10)20/h3-5,7,9,12-13,22H,2,6,8H2,1H3/t12?,13-/m1/s1. The lowest BCUT2D eigenvalue weighted by molar-refractivity contribution is -0.144. The molecule has 3 rings (SSSR count). The molecule has 1 N–H and O–H groups in total. The van der Waals surface area contributed by atoms with Gasteiger partial charge in [0.25, 0.3) is 0 Å². The summed E-state index contributed by atoms with van der Waals surface area (Å²) < 4.78 is 32.2. The number of hydrogen-bond donors (Lipinski definition) is 1. The number of nitrogens with zero attached hydrogens (tertiary/aromatic N) is 1. The van der Waals surface area contributed by atoms with Gasteiger partial charge in [-0.25, -0.2) is 8.78 Å². The predicted molar refractivity (Wildman–Crippen MR) is 93.1 cm³/mol. The van der Waals surface area contributed by atoms with Crippen LogP contribution in [0.1, 0.15) is 30.5 Å². The van der Waals surface area contributed by atoms with Gasteiger partial charge in [-0.15, -0.1) is 0 Å². The average molecular weight is 411 g/mol. The molecule has 2 aromatic rings. The Balaban J connectivity index is 1.59. The molecular formula is C18H17BrF2N2O2. The van der Waals surface area contributed by atoms with E-state index in [9.17, 15) is 13.6 Å². The number of anilines is 1. The molecule has 4 nitrogen and oxygen atoms in total.